The fourth-order valence-corrected chi connectivity index (χ4v) is 5.35. The van der Waals surface area contributed by atoms with Gasteiger partial charge in [-0.25, -0.2) is 8.42 Å². The SMILES string of the molecule is Cc1cc(S(=O)(=O)N(C)Cc2cccs2)sc1CN. The van der Waals surface area contributed by atoms with E-state index in [4.69, 9.17) is 5.73 Å². The summed E-state index contributed by atoms with van der Waals surface area (Å²) in [5.74, 6) is 0. The van der Waals surface area contributed by atoms with Gasteiger partial charge in [-0.1, -0.05) is 6.07 Å². The van der Waals surface area contributed by atoms with E-state index in [9.17, 15) is 8.42 Å². The van der Waals surface area contributed by atoms with Gasteiger partial charge in [0.15, 0.2) is 0 Å². The molecule has 104 valence electrons. The third-order valence-electron chi connectivity index (χ3n) is 2.81. The Hall–Kier alpha value is -0.730. The highest BCUT2D eigenvalue weighted by atomic mass is 32.2. The van der Waals surface area contributed by atoms with Gasteiger partial charge in [-0.2, -0.15) is 4.31 Å². The van der Waals surface area contributed by atoms with Crippen molar-refractivity contribution in [1.82, 2.24) is 4.31 Å². The van der Waals surface area contributed by atoms with E-state index in [0.717, 1.165) is 15.3 Å². The Morgan fingerprint density at radius 3 is 2.68 bits per heavy atom. The van der Waals surface area contributed by atoms with Crippen LogP contribution in [0.1, 0.15) is 15.3 Å². The van der Waals surface area contributed by atoms with Crippen LogP contribution in [0.3, 0.4) is 0 Å². The molecule has 0 atom stereocenters. The first-order valence-corrected chi connectivity index (χ1v) is 8.87. The van der Waals surface area contributed by atoms with Crippen LogP contribution in [0.5, 0.6) is 0 Å². The first-order chi connectivity index (χ1) is 8.95. The quantitative estimate of drug-likeness (QED) is 0.921. The van der Waals surface area contributed by atoms with E-state index >= 15 is 0 Å². The summed E-state index contributed by atoms with van der Waals surface area (Å²) in [6, 6.07) is 5.55. The van der Waals surface area contributed by atoms with E-state index < -0.39 is 10.0 Å². The van der Waals surface area contributed by atoms with Crippen molar-refractivity contribution < 1.29 is 8.42 Å². The molecule has 0 aliphatic heterocycles. The maximum Gasteiger partial charge on any atom is 0.252 e. The molecule has 0 radical (unpaired) electrons. The second-order valence-corrected chi connectivity index (χ2v) is 8.66. The van der Waals surface area contributed by atoms with Crippen molar-refractivity contribution in [1.29, 1.82) is 0 Å². The number of hydrogen-bond donors (Lipinski definition) is 1. The number of rotatable bonds is 5. The van der Waals surface area contributed by atoms with E-state index in [0.29, 0.717) is 17.3 Å². The number of hydrogen-bond acceptors (Lipinski definition) is 5. The van der Waals surface area contributed by atoms with Crippen LogP contribution in [0.25, 0.3) is 0 Å². The lowest BCUT2D eigenvalue weighted by Crippen LogP contribution is -2.25. The molecule has 0 aliphatic rings. The van der Waals surface area contributed by atoms with Gasteiger partial charge >= 0.3 is 0 Å². The van der Waals surface area contributed by atoms with E-state index in [1.165, 1.54) is 15.6 Å². The lowest BCUT2D eigenvalue weighted by molar-refractivity contribution is 0.471. The molecule has 19 heavy (non-hydrogen) atoms. The monoisotopic (exact) mass is 316 g/mol. The Morgan fingerprint density at radius 2 is 2.16 bits per heavy atom. The number of sulfonamides is 1. The van der Waals surface area contributed by atoms with Crippen molar-refractivity contribution in [2.24, 2.45) is 5.73 Å². The van der Waals surface area contributed by atoms with Gasteiger partial charge in [0.05, 0.1) is 0 Å². The molecule has 0 unspecified atom stereocenters. The largest absolute Gasteiger partial charge is 0.326 e. The third-order valence-corrected chi connectivity index (χ3v) is 7.18. The van der Waals surface area contributed by atoms with Crippen LogP contribution in [-0.4, -0.2) is 19.8 Å². The smallest absolute Gasteiger partial charge is 0.252 e. The molecular weight excluding hydrogens is 300 g/mol. The first-order valence-electron chi connectivity index (χ1n) is 5.73. The van der Waals surface area contributed by atoms with Crippen molar-refractivity contribution in [3.05, 3.63) is 38.9 Å². The summed E-state index contributed by atoms with van der Waals surface area (Å²) in [5, 5.41) is 1.94. The van der Waals surface area contributed by atoms with Crippen LogP contribution in [0.4, 0.5) is 0 Å². The highest BCUT2D eigenvalue weighted by Gasteiger charge is 2.24. The molecule has 0 saturated carbocycles. The predicted octanol–water partition coefficient (Wildman–Crippen LogP) is 2.40. The molecule has 0 amide bonds. The zero-order chi connectivity index (χ0) is 14.0. The van der Waals surface area contributed by atoms with E-state index in [1.807, 2.05) is 24.4 Å². The molecule has 0 aromatic carbocycles. The Balaban J connectivity index is 2.25. The van der Waals surface area contributed by atoms with Gasteiger partial charge in [-0.15, -0.1) is 22.7 Å². The van der Waals surface area contributed by atoms with Gasteiger partial charge in [0.2, 0.25) is 0 Å². The zero-order valence-corrected chi connectivity index (χ0v) is 13.2. The number of thiophene rings is 2. The lowest BCUT2D eigenvalue weighted by atomic mass is 10.3. The highest BCUT2D eigenvalue weighted by Crippen LogP contribution is 2.28. The summed E-state index contributed by atoms with van der Waals surface area (Å²) in [6.07, 6.45) is 0. The molecule has 2 rings (SSSR count). The van der Waals surface area contributed by atoms with E-state index in [-0.39, 0.29) is 0 Å². The van der Waals surface area contributed by atoms with Crippen molar-refractivity contribution in [3.63, 3.8) is 0 Å². The standard InChI is InChI=1S/C12H16N2O2S3/c1-9-6-12(18-11(9)7-13)19(15,16)14(2)8-10-4-3-5-17-10/h3-6H,7-8,13H2,1-2H3. The number of nitrogens with two attached hydrogens (primary N) is 1. The molecule has 0 bridgehead atoms. The molecule has 0 fully saturated rings. The summed E-state index contributed by atoms with van der Waals surface area (Å²) in [4.78, 5) is 1.95. The highest BCUT2D eigenvalue weighted by molar-refractivity contribution is 7.91. The minimum atomic E-state index is -3.42. The van der Waals surface area contributed by atoms with Crippen LogP contribution >= 0.6 is 22.7 Å². The molecule has 2 aromatic rings. The average Bonchev–Trinajstić information content (AvgIpc) is 2.98. The second-order valence-electron chi connectivity index (χ2n) is 4.22. The number of nitrogens with zero attached hydrogens (tertiary/aromatic N) is 1. The zero-order valence-electron chi connectivity index (χ0n) is 10.8. The van der Waals surface area contributed by atoms with Crippen molar-refractivity contribution in [3.8, 4) is 0 Å². The van der Waals surface area contributed by atoms with Gasteiger partial charge in [0, 0.05) is 29.9 Å². The summed E-state index contributed by atoms with van der Waals surface area (Å²) in [5.41, 5.74) is 6.54. The predicted molar refractivity (Wildman–Crippen MR) is 79.9 cm³/mol. The third kappa shape index (κ3) is 3.06. The molecule has 4 nitrogen and oxygen atoms in total. The van der Waals surface area contributed by atoms with Crippen molar-refractivity contribution >= 4 is 32.7 Å². The van der Waals surface area contributed by atoms with Crippen LogP contribution in [0, 0.1) is 6.92 Å². The van der Waals surface area contributed by atoms with Crippen LogP contribution in [-0.2, 0) is 23.1 Å². The maximum absolute atomic E-state index is 12.4. The van der Waals surface area contributed by atoms with Gasteiger partial charge < -0.3 is 5.73 Å². The Labute approximate surface area is 121 Å². The fraction of sp³-hybridized carbons (Fsp3) is 0.333. The van der Waals surface area contributed by atoms with Crippen LogP contribution in [0.2, 0.25) is 0 Å². The topological polar surface area (TPSA) is 63.4 Å². The van der Waals surface area contributed by atoms with Gasteiger partial charge in [-0.05, 0) is 30.0 Å². The fourth-order valence-electron chi connectivity index (χ4n) is 1.68. The Bertz CT molecular complexity index is 645. The molecule has 0 saturated heterocycles. The molecule has 2 heterocycles. The van der Waals surface area contributed by atoms with Crippen molar-refractivity contribution in [2.75, 3.05) is 7.05 Å². The minimum absolute atomic E-state index is 0.365. The maximum atomic E-state index is 12.4. The molecule has 7 heteroatoms. The molecule has 0 spiro atoms. The summed E-state index contributed by atoms with van der Waals surface area (Å²) in [6.45, 7) is 2.66. The second kappa shape index (κ2) is 5.72. The lowest BCUT2D eigenvalue weighted by Gasteiger charge is -2.14. The summed E-state index contributed by atoms with van der Waals surface area (Å²) in [7, 11) is -1.82. The molecular formula is C12H16N2O2S3. The molecule has 0 aliphatic carbocycles. The Kier molecular flexibility index (Phi) is 4.42. The van der Waals surface area contributed by atoms with Gasteiger partial charge in [-0.3, -0.25) is 0 Å². The van der Waals surface area contributed by atoms with Crippen LogP contribution < -0.4 is 5.73 Å². The summed E-state index contributed by atoms with van der Waals surface area (Å²) >= 11 is 2.81. The minimum Gasteiger partial charge on any atom is -0.326 e. The van der Waals surface area contributed by atoms with E-state index in [2.05, 4.69) is 0 Å². The first kappa shape index (κ1) is 14.7. The number of aryl methyl sites for hydroxylation is 1. The molecule has 2 aromatic heterocycles. The van der Waals surface area contributed by atoms with Crippen molar-refractivity contribution in [2.45, 2.75) is 24.2 Å². The van der Waals surface area contributed by atoms with E-state index in [1.54, 1.807) is 24.5 Å². The normalized spacial score (nSPS) is 12.2. The Morgan fingerprint density at radius 1 is 1.42 bits per heavy atom. The van der Waals surface area contributed by atoms with Gasteiger partial charge in [0.25, 0.3) is 10.0 Å². The van der Waals surface area contributed by atoms with Gasteiger partial charge in [0.1, 0.15) is 4.21 Å². The van der Waals surface area contributed by atoms with Crippen LogP contribution in [0.15, 0.2) is 27.8 Å². The average molecular weight is 316 g/mol. The molecule has 2 N–H and O–H groups in total. The summed E-state index contributed by atoms with van der Waals surface area (Å²) < 4.78 is 26.6.